The first-order valence-corrected chi connectivity index (χ1v) is 38.4. The van der Waals surface area contributed by atoms with Crippen LogP contribution in [0.25, 0.3) is 61.5 Å². The van der Waals surface area contributed by atoms with Crippen molar-refractivity contribution in [2.45, 2.75) is 118 Å². The molecule has 639 valence electrons. The maximum Gasteiger partial charge on any atom is 0.359 e. The van der Waals surface area contributed by atoms with E-state index >= 15 is 0 Å². The summed E-state index contributed by atoms with van der Waals surface area (Å²) in [5.74, 6) is 0.208. The number of aliphatic hydroxyl groups is 12. The molecule has 12 aromatic rings. The Morgan fingerprint density at radius 2 is 0.815 bits per heavy atom. The van der Waals surface area contributed by atoms with Crippen LogP contribution in [0.15, 0.2) is 158 Å². The molecule has 17 N–H and O–H groups in total. The largest absolute Gasteiger partial charge is 0.744 e. The third-order valence-electron chi connectivity index (χ3n) is 17.6. The SMILES string of the molecule is O=S(=O)([O-])c1ccc[n+](-c2ncnc3c2ncn3C2OC(CO)C(O)C2O)c1.O=S(=O)([O-])c1cccnc1.O=c1[nH]c2c(NC3OC(CO)C(O)C3O)ncnc2[n+]2cc(S(=O)(=O)[O-])ccc12.O=c1[nH]c2c(NC3OC(CO)C(O)C3O)ncnc2[n+]2cc(S(=O)(=O)[O-])ccc12.O=c1[nH]cnc2c1ncn2C1OC(CO)C(O)C1O.[Ac].[Ac].[Ac].[Ac].[Ac].[Ac].[Ac].[Ac].[Ac]. The molecule has 9 radical (unpaired) electrons. The number of aliphatic hydroxyl groups excluding tert-OH is 12. The molecule has 4 aliphatic rings. The van der Waals surface area contributed by atoms with Gasteiger partial charge in [-0.2, -0.15) is 23.8 Å². The normalized spacial score (nSPS) is 23.1. The van der Waals surface area contributed by atoms with Gasteiger partial charge in [0.1, 0.15) is 132 Å². The molecule has 16 atom stereocenters. The minimum absolute atomic E-state index is 0. The third kappa shape index (κ3) is 27.8. The van der Waals surface area contributed by atoms with E-state index in [2.05, 4.69) is 75.4 Å². The Kier molecular flexibility index (Phi) is 50.7. The third-order valence-corrected chi connectivity index (χ3v) is 20.9. The molecule has 4 fully saturated rings. The number of pyridine rings is 4. The summed E-state index contributed by atoms with van der Waals surface area (Å²) < 4.78 is 160. The quantitative estimate of drug-likeness (QED) is 0.0257. The number of hydrogen-bond donors (Lipinski definition) is 17. The summed E-state index contributed by atoms with van der Waals surface area (Å²) in [6.07, 6.45) is -4.55. The Labute approximate surface area is 1020 Å². The van der Waals surface area contributed by atoms with Crippen LogP contribution in [0.2, 0.25) is 0 Å². The fraction of sp³-hybridized carbons (Fsp3) is 0.333. The predicted molar refractivity (Wildman–Crippen MR) is 367 cm³/mol. The summed E-state index contributed by atoms with van der Waals surface area (Å²) in [7, 11) is -18.5. The summed E-state index contributed by atoms with van der Waals surface area (Å²) in [4.78, 5) is 81.7. The number of aromatic amines is 3. The molecule has 0 aliphatic carbocycles. The van der Waals surface area contributed by atoms with Crippen molar-refractivity contribution < 1.29 is 542 Å². The van der Waals surface area contributed by atoms with Crippen LogP contribution in [0.4, 0.5) is 11.6 Å². The predicted octanol–water partition coefficient (Wildman–Crippen LogP) is -11.0. The van der Waals surface area contributed by atoms with Crippen LogP contribution in [0, 0.1) is 397 Å². The van der Waals surface area contributed by atoms with Crippen LogP contribution >= 0.6 is 0 Å². The number of H-pyrrole nitrogens is 3. The maximum atomic E-state index is 12.4. The van der Waals surface area contributed by atoms with Crippen molar-refractivity contribution in [1.29, 1.82) is 0 Å². The Hall–Kier alpha value is 2.17. The van der Waals surface area contributed by atoms with Crippen LogP contribution in [0.1, 0.15) is 12.5 Å². The molecule has 0 bridgehead atoms. The number of imidazole rings is 2. The van der Waals surface area contributed by atoms with E-state index in [4.69, 9.17) is 24.1 Å². The number of rotatable bonds is 15. The van der Waals surface area contributed by atoms with Gasteiger partial charge in [0.15, 0.2) is 75.4 Å². The van der Waals surface area contributed by atoms with Crippen molar-refractivity contribution in [3.63, 3.8) is 0 Å². The minimum Gasteiger partial charge on any atom is -0.744 e. The van der Waals surface area contributed by atoms with Gasteiger partial charge < -0.3 is 124 Å². The molecule has 4 saturated heterocycles. The van der Waals surface area contributed by atoms with Crippen molar-refractivity contribution in [1.82, 2.24) is 73.9 Å². The number of nitrogens with zero attached hydrogens (tertiary/aromatic N) is 15. The second kappa shape index (κ2) is 52.3. The summed E-state index contributed by atoms with van der Waals surface area (Å²) in [5, 5.41) is 122. The van der Waals surface area contributed by atoms with Crippen LogP contribution in [0.3, 0.4) is 0 Å². The van der Waals surface area contributed by atoms with Gasteiger partial charge in [-0.15, -0.1) is 0 Å². The standard InChI is InChI=1S/2C15H15N5O8S.C15H15N5O7S.C10H12N4O5.C5H5NO3S.9Ac/c2*21-4-8-10(22)11(23)15(28-8)19-12-9-13(17-5-16-12)20-3-6(29(25,26)27)1-2-7(20)14(24)18-9;21-5-9-11(22)12(23)15(27-9)20-7-18-10-13(16-6-17-14(10)20)19-3-1-2-8(4-19)28(24,25)26;15-1-4-6(16)7(17)10(19-4)14-3-13-5-8(14)11-2-12-9(5)18;7-10(8,9)5-2-1-3-6-4-5;;;;;;;;;/h2*1-3,5,8,10-11,15,21-23H,4H2,(H2,24,25,26,27);1-4,6-7,9,11-12,15,21-23H,5H2;2-4,6-7,10,15-17H,1H2,(H,11,12,18);1-4H,(H,7,8,9);;;;;;;;;/p-1. The Morgan fingerprint density at radius 1 is 0.427 bits per heavy atom. The smallest absolute Gasteiger partial charge is 0.359 e. The van der Waals surface area contributed by atoms with E-state index in [0.717, 1.165) is 64.4 Å². The minimum atomic E-state index is -4.77. The average molecular weight is 3730 g/mol. The average Bonchev–Trinajstić information content (AvgIpc) is 1.25. The zero-order valence-corrected chi connectivity index (χ0v) is 109. The molecule has 51 nitrogen and oxygen atoms in total. The van der Waals surface area contributed by atoms with E-state index in [0.29, 0.717) is 0 Å². The molecule has 124 heavy (non-hydrogen) atoms. The van der Waals surface area contributed by atoms with Gasteiger partial charge in [-0.05, 0) is 63.5 Å². The van der Waals surface area contributed by atoms with Crippen molar-refractivity contribution in [2.75, 3.05) is 37.1 Å². The van der Waals surface area contributed by atoms with E-state index in [1.807, 2.05) is 0 Å². The summed E-state index contributed by atoms with van der Waals surface area (Å²) in [5.41, 5.74) is -0.560. The van der Waals surface area contributed by atoms with Crippen LogP contribution in [-0.4, -0.2) is 299 Å². The van der Waals surface area contributed by atoms with Gasteiger partial charge in [0.25, 0.3) is 16.7 Å². The Morgan fingerprint density at radius 3 is 1.20 bits per heavy atom. The molecule has 4 aliphatic heterocycles. The zero-order valence-electron chi connectivity index (χ0n) is 62.8. The first-order valence-electron chi connectivity index (χ1n) is 32.8. The van der Waals surface area contributed by atoms with Gasteiger partial charge in [-0.1, -0.05) is 0 Å². The van der Waals surface area contributed by atoms with Gasteiger partial charge in [-0.25, -0.2) is 53.2 Å². The second-order valence-electron chi connectivity index (χ2n) is 24.8. The van der Waals surface area contributed by atoms with Crippen LogP contribution < -0.4 is 40.7 Å². The molecule has 0 saturated carbocycles. The topological polar surface area (TPSA) is 782 Å². The first kappa shape index (κ1) is 120. The van der Waals surface area contributed by atoms with Crippen molar-refractivity contribution in [3.8, 4) is 5.82 Å². The second-order valence-corrected chi connectivity index (χ2v) is 30.3. The summed E-state index contributed by atoms with van der Waals surface area (Å²) in [6.45, 7) is -1.95. The van der Waals surface area contributed by atoms with Crippen LogP contribution in [0.5, 0.6) is 0 Å². The zero-order chi connectivity index (χ0) is 83.1. The molecule has 16 unspecified atom stereocenters. The Bertz CT molecular complexity index is 6150. The number of anilines is 2. The molecular formula is C60H61Ac9N20O31S4-. The van der Waals surface area contributed by atoms with E-state index in [9.17, 15) is 122 Å². The molecule has 16 rings (SSSR count). The van der Waals surface area contributed by atoms with Crippen molar-refractivity contribution >= 4 is 108 Å². The van der Waals surface area contributed by atoms with Gasteiger partial charge in [0.05, 0.1) is 71.2 Å². The van der Waals surface area contributed by atoms with Gasteiger partial charge in [0, 0.05) is 409 Å². The number of aromatic nitrogens is 18. The number of fused-ring (bicyclic) bond motifs is 8. The van der Waals surface area contributed by atoms with Crippen LogP contribution in [-0.2, 0) is 59.4 Å². The van der Waals surface area contributed by atoms with E-state index in [-0.39, 0.29) is 475 Å². The maximum absolute atomic E-state index is 12.4. The molecule has 12 aromatic heterocycles. The monoisotopic (exact) mass is 3730 g/mol. The number of nitrogens with one attached hydrogen (secondary N) is 5. The molecule has 0 spiro atoms. The van der Waals surface area contributed by atoms with Gasteiger partial charge >= 0.3 is 17.1 Å². The summed E-state index contributed by atoms with van der Waals surface area (Å²) in [6, 6.07) is 9.50. The Balaban J connectivity index is 0.000000405. The molecule has 0 aromatic carbocycles. The molecular weight excluding hydrogens is 3670 g/mol. The summed E-state index contributed by atoms with van der Waals surface area (Å²) >= 11 is 0. The van der Waals surface area contributed by atoms with Gasteiger partial charge in [-0.3, -0.25) is 28.5 Å². The number of hydrogen-bond acceptors (Lipinski definition) is 43. The van der Waals surface area contributed by atoms with E-state index in [1.54, 1.807) is 0 Å². The van der Waals surface area contributed by atoms with Crippen molar-refractivity contribution in [3.05, 3.63) is 155 Å². The molecule has 64 heteroatoms. The fourth-order valence-corrected chi connectivity index (χ4v) is 13.8. The number of ether oxygens (including phenoxy) is 4. The fourth-order valence-electron chi connectivity index (χ4n) is 11.9. The van der Waals surface area contributed by atoms with E-state index in [1.165, 1.54) is 81.7 Å². The van der Waals surface area contributed by atoms with Gasteiger partial charge in [0.2, 0.25) is 24.5 Å². The molecule has 16 heterocycles. The van der Waals surface area contributed by atoms with E-state index < -0.39 is 196 Å². The first-order chi connectivity index (χ1) is 54.4. The van der Waals surface area contributed by atoms with Crippen molar-refractivity contribution in [2.24, 2.45) is 0 Å². The molecule has 0 amide bonds.